The molecule has 0 bridgehead atoms. The zero-order valence-corrected chi connectivity index (χ0v) is 21.2. The molecule has 0 aliphatic carbocycles. The van der Waals surface area contributed by atoms with E-state index in [0.717, 1.165) is 34.7 Å². The van der Waals surface area contributed by atoms with Crippen LogP contribution in [0.1, 0.15) is 18.4 Å². The summed E-state index contributed by atoms with van der Waals surface area (Å²) in [6.07, 6.45) is 1.35. The van der Waals surface area contributed by atoms with Crippen molar-refractivity contribution in [3.8, 4) is 16.9 Å². The van der Waals surface area contributed by atoms with Gasteiger partial charge in [0, 0.05) is 55.2 Å². The summed E-state index contributed by atoms with van der Waals surface area (Å²) in [5, 5.41) is 12.5. The van der Waals surface area contributed by atoms with Crippen molar-refractivity contribution in [3.63, 3.8) is 0 Å². The van der Waals surface area contributed by atoms with Gasteiger partial charge in [0.15, 0.2) is 9.84 Å². The molecule has 2 aliphatic heterocycles. The Morgan fingerprint density at radius 3 is 2.57 bits per heavy atom. The number of hydrogen-bond acceptors (Lipinski definition) is 7. The second kappa shape index (κ2) is 10.4. The summed E-state index contributed by atoms with van der Waals surface area (Å²) in [5.74, 6) is 0.912. The molecule has 1 amide bonds. The van der Waals surface area contributed by atoms with Crippen molar-refractivity contribution in [3.05, 3.63) is 42.0 Å². The van der Waals surface area contributed by atoms with Crippen molar-refractivity contribution in [1.82, 2.24) is 9.80 Å². The molecule has 2 heterocycles. The molecule has 2 N–H and O–H groups in total. The van der Waals surface area contributed by atoms with Crippen LogP contribution in [-0.2, 0) is 21.2 Å². The van der Waals surface area contributed by atoms with E-state index in [0.29, 0.717) is 39.1 Å². The third-order valence-corrected chi connectivity index (χ3v) is 7.62. The molecule has 1 fully saturated rings. The van der Waals surface area contributed by atoms with Crippen LogP contribution in [0.15, 0.2) is 41.3 Å². The molecule has 9 nitrogen and oxygen atoms in total. The summed E-state index contributed by atoms with van der Waals surface area (Å²) in [5.41, 5.74) is 3.53. The lowest BCUT2D eigenvalue weighted by Gasteiger charge is -2.36. The molecule has 190 valence electrons. The maximum absolute atomic E-state index is 12.1. The molecule has 0 saturated carbocycles. The Morgan fingerprint density at radius 2 is 1.91 bits per heavy atom. The second-order valence-electron chi connectivity index (χ2n) is 9.44. The summed E-state index contributed by atoms with van der Waals surface area (Å²) in [7, 11) is 0.645. The minimum atomic E-state index is -3.33. The SMILES string of the molecule is CN(C)CCNc1cc(S(C)(=O)=O)ccc1-c1ccc2c(c1)COC(C1CCN(C(=O)O)CC1)O2. The Bertz CT molecular complexity index is 1180. The van der Waals surface area contributed by atoms with E-state index < -0.39 is 15.9 Å². The van der Waals surface area contributed by atoms with Gasteiger partial charge in [-0.05, 0) is 56.8 Å². The van der Waals surface area contributed by atoms with Crippen LogP contribution in [0, 0.1) is 5.92 Å². The van der Waals surface area contributed by atoms with E-state index in [1.807, 2.05) is 38.4 Å². The Hall–Kier alpha value is -2.82. The molecule has 4 rings (SSSR count). The Kier molecular flexibility index (Phi) is 7.53. The number of likely N-dealkylation sites (N-methyl/N-ethyl adjacent to an activating group) is 1. The first-order chi connectivity index (χ1) is 16.6. The Labute approximate surface area is 206 Å². The normalized spacial score (nSPS) is 18.7. The van der Waals surface area contributed by atoms with Gasteiger partial charge in [-0.1, -0.05) is 12.1 Å². The number of nitrogens with zero attached hydrogens (tertiary/aromatic N) is 2. The molecule has 1 unspecified atom stereocenters. The minimum Gasteiger partial charge on any atom is -0.465 e. The van der Waals surface area contributed by atoms with E-state index in [1.54, 1.807) is 12.1 Å². The zero-order valence-electron chi connectivity index (χ0n) is 20.4. The molecule has 2 aliphatic rings. The number of carbonyl (C=O) groups is 1. The summed E-state index contributed by atoms with van der Waals surface area (Å²) in [6.45, 7) is 2.86. The van der Waals surface area contributed by atoms with E-state index in [4.69, 9.17) is 14.6 Å². The Balaban J connectivity index is 1.53. The number of anilines is 1. The van der Waals surface area contributed by atoms with Crippen molar-refractivity contribution in [1.29, 1.82) is 0 Å². The number of fused-ring (bicyclic) bond motifs is 1. The highest BCUT2D eigenvalue weighted by molar-refractivity contribution is 7.90. The molecular formula is C25H33N3O6S. The molecular weight excluding hydrogens is 470 g/mol. The van der Waals surface area contributed by atoms with Gasteiger partial charge in [0.05, 0.1) is 11.5 Å². The predicted molar refractivity (Wildman–Crippen MR) is 134 cm³/mol. The highest BCUT2D eigenvalue weighted by Crippen LogP contribution is 2.37. The van der Waals surface area contributed by atoms with E-state index in [2.05, 4.69) is 10.2 Å². The van der Waals surface area contributed by atoms with E-state index in [1.165, 1.54) is 11.2 Å². The lowest BCUT2D eigenvalue weighted by Crippen LogP contribution is -2.43. The molecule has 0 radical (unpaired) electrons. The van der Waals surface area contributed by atoms with Gasteiger partial charge >= 0.3 is 6.09 Å². The van der Waals surface area contributed by atoms with Gasteiger partial charge in [-0.25, -0.2) is 13.2 Å². The summed E-state index contributed by atoms with van der Waals surface area (Å²) in [4.78, 5) is 14.9. The number of piperidine rings is 1. The number of amides is 1. The quantitative estimate of drug-likeness (QED) is 0.592. The number of carboxylic acid groups (broad SMARTS) is 1. The van der Waals surface area contributed by atoms with Crippen LogP contribution in [0.4, 0.5) is 10.5 Å². The predicted octanol–water partition coefficient (Wildman–Crippen LogP) is 3.36. The van der Waals surface area contributed by atoms with Gasteiger partial charge in [-0.2, -0.15) is 0 Å². The lowest BCUT2D eigenvalue weighted by atomic mass is 9.95. The van der Waals surface area contributed by atoms with Crippen LogP contribution < -0.4 is 10.1 Å². The first-order valence-corrected chi connectivity index (χ1v) is 13.6. The molecule has 2 aromatic rings. The van der Waals surface area contributed by atoms with Crippen LogP contribution in [-0.4, -0.2) is 82.2 Å². The van der Waals surface area contributed by atoms with Gasteiger partial charge in [0.2, 0.25) is 6.29 Å². The number of sulfone groups is 1. The minimum absolute atomic E-state index is 0.148. The van der Waals surface area contributed by atoms with Crippen molar-refractivity contribution in [2.24, 2.45) is 5.92 Å². The third-order valence-electron chi connectivity index (χ3n) is 6.51. The zero-order chi connectivity index (χ0) is 25.2. The van der Waals surface area contributed by atoms with Crippen LogP contribution in [0.2, 0.25) is 0 Å². The van der Waals surface area contributed by atoms with Gasteiger partial charge in [-0.15, -0.1) is 0 Å². The van der Waals surface area contributed by atoms with Gasteiger partial charge < -0.3 is 29.7 Å². The maximum atomic E-state index is 12.1. The standard InChI is InChI=1S/C25H33N3O6S/c1-27(2)13-10-26-22-15-20(35(3,31)32)5-6-21(22)18-4-7-23-19(14-18)16-33-24(34-23)17-8-11-28(12-9-17)25(29)30/h4-7,14-15,17,24,26H,8-13,16H2,1-3H3,(H,29,30). The van der Waals surface area contributed by atoms with Crippen LogP contribution in [0.5, 0.6) is 5.75 Å². The number of likely N-dealkylation sites (tertiary alicyclic amines) is 1. The third kappa shape index (κ3) is 6.06. The van der Waals surface area contributed by atoms with Crippen LogP contribution >= 0.6 is 0 Å². The fourth-order valence-corrected chi connectivity index (χ4v) is 5.11. The fraction of sp³-hybridized carbons (Fsp3) is 0.480. The average molecular weight is 504 g/mol. The fourth-order valence-electron chi connectivity index (χ4n) is 4.47. The van der Waals surface area contributed by atoms with Crippen LogP contribution in [0.3, 0.4) is 0 Å². The topological polar surface area (TPSA) is 108 Å². The van der Waals surface area contributed by atoms with Crippen LogP contribution in [0.25, 0.3) is 11.1 Å². The van der Waals surface area contributed by atoms with E-state index in [-0.39, 0.29) is 17.1 Å². The lowest BCUT2D eigenvalue weighted by molar-refractivity contribution is -0.148. The van der Waals surface area contributed by atoms with Gasteiger partial charge in [-0.3, -0.25) is 0 Å². The molecule has 2 aromatic carbocycles. The molecule has 35 heavy (non-hydrogen) atoms. The summed E-state index contributed by atoms with van der Waals surface area (Å²) in [6, 6.07) is 11.1. The smallest absolute Gasteiger partial charge is 0.407 e. The second-order valence-corrected chi connectivity index (χ2v) is 11.5. The first kappa shape index (κ1) is 25.3. The van der Waals surface area contributed by atoms with Crippen molar-refractivity contribution in [2.75, 3.05) is 51.8 Å². The van der Waals surface area contributed by atoms with Crippen molar-refractivity contribution < 1.29 is 27.8 Å². The first-order valence-electron chi connectivity index (χ1n) is 11.7. The molecule has 1 atom stereocenters. The Morgan fingerprint density at radius 1 is 1.17 bits per heavy atom. The molecule has 10 heteroatoms. The number of nitrogens with one attached hydrogen (secondary N) is 1. The molecule has 1 saturated heterocycles. The highest BCUT2D eigenvalue weighted by Gasteiger charge is 2.33. The van der Waals surface area contributed by atoms with Crippen molar-refractivity contribution >= 4 is 21.6 Å². The maximum Gasteiger partial charge on any atom is 0.407 e. The van der Waals surface area contributed by atoms with Gasteiger partial charge in [0.1, 0.15) is 5.75 Å². The highest BCUT2D eigenvalue weighted by atomic mass is 32.2. The number of hydrogen-bond donors (Lipinski definition) is 2. The monoisotopic (exact) mass is 503 g/mol. The van der Waals surface area contributed by atoms with E-state index in [9.17, 15) is 13.2 Å². The number of benzene rings is 2. The van der Waals surface area contributed by atoms with Crippen molar-refractivity contribution in [2.45, 2.75) is 30.6 Å². The summed E-state index contributed by atoms with van der Waals surface area (Å²) < 4.78 is 36.4. The summed E-state index contributed by atoms with van der Waals surface area (Å²) >= 11 is 0. The largest absolute Gasteiger partial charge is 0.465 e. The molecule has 0 spiro atoms. The number of ether oxygens (including phenoxy) is 2. The molecule has 0 aromatic heterocycles. The number of rotatable bonds is 7. The average Bonchev–Trinajstić information content (AvgIpc) is 2.82. The van der Waals surface area contributed by atoms with Gasteiger partial charge in [0.25, 0.3) is 0 Å². The van der Waals surface area contributed by atoms with E-state index >= 15 is 0 Å².